The second-order valence-corrected chi connectivity index (χ2v) is 1.77. The number of hydroxylamine groups is 1. The molecule has 0 aliphatic carbocycles. The molecule has 0 saturated heterocycles. The van der Waals surface area contributed by atoms with Crippen LogP contribution in [0.25, 0.3) is 0 Å². The van der Waals surface area contributed by atoms with E-state index in [0.29, 0.717) is 0 Å². The highest BCUT2D eigenvalue weighted by Gasteiger charge is 1.98. The van der Waals surface area contributed by atoms with E-state index in [9.17, 15) is 4.79 Å². The molecule has 0 rings (SSSR count). The molecule has 1 atom stereocenters. The van der Waals surface area contributed by atoms with Crippen LogP contribution in [0.4, 0.5) is 4.79 Å². The smallest absolute Gasteiger partial charge is 0.269 e. The summed E-state index contributed by atoms with van der Waals surface area (Å²) < 4.78 is 0. The van der Waals surface area contributed by atoms with E-state index >= 15 is 0 Å². The molecule has 0 spiro atoms. The van der Waals surface area contributed by atoms with Gasteiger partial charge < -0.3 is 0 Å². The summed E-state index contributed by atoms with van der Waals surface area (Å²) in [6.07, 6.45) is 0.805. The fraction of sp³-hybridized carbons (Fsp3) is 0.800. The second kappa shape index (κ2) is 4.14. The first-order valence-corrected chi connectivity index (χ1v) is 2.84. The first kappa shape index (κ1) is 8.23. The minimum atomic E-state index is -0.907. The van der Waals surface area contributed by atoms with Crippen LogP contribution in [0, 0.1) is 0 Å². The SMILES string of the molecule is CCC(C)ONC([NH])=O. The van der Waals surface area contributed by atoms with Crippen molar-refractivity contribution in [3.63, 3.8) is 0 Å². The third-order valence-electron chi connectivity index (χ3n) is 0.928. The first-order valence-electron chi connectivity index (χ1n) is 2.84. The van der Waals surface area contributed by atoms with Crippen LogP contribution in [-0.4, -0.2) is 12.1 Å². The van der Waals surface area contributed by atoms with Crippen molar-refractivity contribution < 1.29 is 9.63 Å². The zero-order valence-electron chi connectivity index (χ0n) is 5.60. The Balaban J connectivity index is 3.16. The molecule has 53 valence electrons. The van der Waals surface area contributed by atoms with Crippen LogP contribution in [0.3, 0.4) is 0 Å². The van der Waals surface area contributed by atoms with E-state index in [2.05, 4.69) is 4.84 Å². The van der Waals surface area contributed by atoms with Gasteiger partial charge in [0.05, 0.1) is 6.10 Å². The highest BCUT2D eigenvalue weighted by Crippen LogP contribution is 1.90. The van der Waals surface area contributed by atoms with E-state index in [4.69, 9.17) is 5.73 Å². The molecule has 0 aliphatic heterocycles. The van der Waals surface area contributed by atoms with Crippen molar-refractivity contribution in [3.8, 4) is 0 Å². The Morgan fingerprint density at radius 3 is 2.78 bits per heavy atom. The summed E-state index contributed by atoms with van der Waals surface area (Å²) in [5.41, 5.74) is 8.30. The van der Waals surface area contributed by atoms with E-state index < -0.39 is 6.03 Å². The van der Waals surface area contributed by atoms with Gasteiger partial charge in [-0.3, -0.25) is 4.84 Å². The first-order chi connectivity index (χ1) is 4.16. The molecule has 9 heavy (non-hydrogen) atoms. The van der Waals surface area contributed by atoms with Crippen LogP contribution in [-0.2, 0) is 4.84 Å². The Labute approximate surface area is 54.3 Å². The van der Waals surface area contributed by atoms with E-state index in [1.54, 1.807) is 0 Å². The van der Waals surface area contributed by atoms with Gasteiger partial charge in [0, 0.05) is 0 Å². The number of urea groups is 1. The van der Waals surface area contributed by atoms with Gasteiger partial charge in [-0.25, -0.2) is 16.0 Å². The van der Waals surface area contributed by atoms with Gasteiger partial charge in [0.2, 0.25) is 0 Å². The van der Waals surface area contributed by atoms with Crippen molar-refractivity contribution in [3.05, 3.63) is 0 Å². The van der Waals surface area contributed by atoms with Crippen LogP contribution < -0.4 is 11.2 Å². The maximum Gasteiger partial charge on any atom is 0.357 e. The highest BCUT2D eigenvalue weighted by molar-refractivity contribution is 5.69. The molecule has 0 aromatic carbocycles. The van der Waals surface area contributed by atoms with Crippen molar-refractivity contribution in [2.24, 2.45) is 0 Å². The number of carbonyl (C=O) groups is 1. The molecule has 0 aromatic heterocycles. The molecule has 2 amide bonds. The number of amides is 2. The molecule has 0 bridgehead atoms. The lowest BCUT2D eigenvalue weighted by Crippen LogP contribution is -2.27. The van der Waals surface area contributed by atoms with Crippen LogP contribution in [0.5, 0.6) is 0 Å². The van der Waals surface area contributed by atoms with E-state index in [-0.39, 0.29) is 6.10 Å². The molecule has 0 saturated carbocycles. The van der Waals surface area contributed by atoms with Crippen LogP contribution in [0.15, 0.2) is 0 Å². The fourth-order valence-corrected chi connectivity index (χ4v) is 0.237. The van der Waals surface area contributed by atoms with Gasteiger partial charge in [-0.1, -0.05) is 6.92 Å². The molecule has 4 heteroatoms. The number of hydrogen-bond donors (Lipinski definition) is 1. The lowest BCUT2D eigenvalue weighted by molar-refractivity contribution is 0.00624. The van der Waals surface area contributed by atoms with Gasteiger partial charge in [0.15, 0.2) is 0 Å². The van der Waals surface area contributed by atoms with Crippen LogP contribution >= 0.6 is 0 Å². The molecule has 2 N–H and O–H groups in total. The average Bonchev–Trinajstić information content (AvgIpc) is 1.83. The van der Waals surface area contributed by atoms with Crippen LogP contribution in [0.2, 0.25) is 0 Å². The summed E-state index contributed by atoms with van der Waals surface area (Å²) in [5, 5.41) is 0. The standard InChI is InChI=1S/C5H11N2O2/c1-3-4(2)9-7-5(6)8/h4,6H,3H2,1-2H3,(H,7,8). The highest BCUT2D eigenvalue weighted by atomic mass is 16.7. The number of nitrogens with one attached hydrogen (secondary N) is 2. The monoisotopic (exact) mass is 131 g/mol. The topological polar surface area (TPSA) is 62.1 Å². The molecule has 0 fully saturated rings. The van der Waals surface area contributed by atoms with Crippen molar-refractivity contribution in [2.45, 2.75) is 26.4 Å². The maximum atomic E-state index is 9.89. The Hall–Kier alpha value is -0.770. The molecular formula is C5H11N2O2. The Bertz CT molecular complexity index is 95.0. The predicted molar refractivity (Wildman–Crippen MR) is 32.5 cm³/mol. The summed E-state index contributed by atoms with van der Waals surface area (Å²) >= 11 is 0. The van der Waals surface area contributed by atoms with Gasteiger partial charge in [0.25, 0.3) is 0 Å². The lowest BCUT2D eigenvalue weighted by Gasteiger charge is -2.07. The predicted octanol–water partition coefficient (Wildman–Crippen LogP) is 0.709. The number of carbonyl (C=O) groups excluding carboxylic acids is 1. The summed E-state index contributed by atoms with van der Waals surface area (Å²) in [6.45, 7) is 3.75. The van der Waals surface area contributed by atoms with E-state index in [1.807, 2.05) is 19.3 Å². The normalized spacial score (nSPS) is 12.7. The molecule has 0 heterocycles. The molecule has 4 nitrogen and oxygen atoms in total. The second-order valence-electron chi connectivity index (χ2n) is 1.77. The van der Waals surface area contributed by atoms with Gasteiger partial charge in [0.1, 0.15) is 0 Å². The largest absolute Gasteiger partial charge is 0.357 e. The molecule has 1 radical (unpaired) electrons. The molecular weight excluding hydrogens is 120 g/mol. The fourth-order valence-electron chi connectivity index (χ4n) is 0.237. The maximum absolute atomic E-state index is 9.89. The lowest BCUT2D eigenvalue weighted by atomic mass is 10.3. The zero-order chi connectivity index (χ0) is 7.28. The minimum Gasteiger partial charge on any atom is -0.269 e. The number of rotatable bonds is 3. The van der Waals surface area contributed by atoms with Crippen molar-refractivity contribution in [1.82, 2.24) is 11.2 Å². The van der Waals surface area contributed by atoms with E-state index in [0.717, 1.165) is 6.42 Å². The van der Waals surface area contributed by atoms with Gasteiger partial charge in [-0.05, 0) is 13.3 Å². The van der Waals surface area contributed by atoms with Crippen molar-refractivity contribution in [2.75, 3.05) is 0 Å². The molecule has 1 unspecified atom stereocenters. The number of hydrogen-bond acceptors (Lipinski definition) is 2. The Morgan fingerprint density at radius 1 is 1.89 bits per heavy atom. The summed E-state index contributed by atoms with van der Waals surface area (Å²) in [7, 11) is 0. The Morgan fingerprint density at radius 2 is 2.44 bits per heavy atom. The summed E-state index contributed by atoms with van der Waals surface area (Å²) in [5.74, 6) is 0. The quantitative estimate of drug-likeness (QED) is 0.573. The summed E-state index contributed by atoms with van der Waals surface area (Å²) in [4.78, 5) is 14.6. The minimum absolute atomic E-state index is 0.0145. The third-order valence-corrected chi connectivity index (χ3v) is 0.928. The summed E-state index contributed by atoms with van der Waals surface area (Å²) in [6, 6.07) is -0.907. The van der Waals surface area contributed by atoms with Crippen LogP contribution in [0.1, 0.15) is 20.3 Å². The van der Waals surface area contributed by atoms with Gasteiger partial charge in [-0.15, -0.1) is 0 Å². The Kier molecular flexibility index (Phi) is 3.79. The van der Waals surface area contributed by atoms with Gasteiger partial charge >= 0.3 is 6.03 Å². The average molecular weight is 131 g/mol. The molecule has 0 aliphatic rings. The van der Waals surface area contributed by atoms with Gasteiger partial charge in [-0.2, -0.15) is 0 Å². The third kappa shape index (κ3) is 5.10. The van der Waals surface area contributed by atoms with Crippen molar-refractivity contribution in [1.29, 1.82) is 0 Å². The van der Waals surface area contributed by atoms with E-state index in [1.165, 1.54) is 0 Å². The van der Waals surface area contributed by atoms with Crippen molar-refractivity contribution >= 4 is 6.03 Å². The zero-order valence-corrected chi connectivity index (χ0v) is 5.60. The molecule has 0 aromatic rings.